The van der Waals surface area contributed by atoms with Crippen LogP contribution in [-0.4, -0.2) is 63.5 Å². The number of nitrogens with one attached hydrogen (secondary N) is 1. The Hall–Kier alpha value is -5.36. The van der Waals surface area contributed by atoms with Crippen LogP contribution in [0.4, 0.5) is 0 Å². The molecule has 1 aliphatic heterocycles. The van der Waals surface area contributed by atoms with Crippen LogP contribution in [-0.2, 0) is 32.3 Å². The zero-order chi connectivity index (χ0) is 35.4. The fourth-order valence-electron chi connectivity index (χ4n) is 5.73. The van der Waals surface area contributed by atoms with Crippen LogP contribution in [0.1, 0.15) is 41.2 Å². The van der Waals surface area contributed by atoms with Gasteiger partial charge in [0.25, 0.3) is 5.91 Å². The van der Waals surface area contributed by atoms with Gasteiger partial charge in [0, 0.05) is 36.5 Å². The molecule has 0 bridgehead atoms. The maximum absolute atomic E-state index is 14.6. The molecular weight excluding hydrogens is 659 g/mol. The average molecular weight is 698 g/mol. The largest absolute Gasteiger partial charge is 0.497 e. The first-order chi connectivity index (χ1) is 24.3. The molecule has 0 fully saturated rings. The summed E-state index contributed by atoms with van der Waals surface area (Å²) in [6.45, 7) is 0.565. The Kier molecular flexibility index (Phi) is 12.1. The van der Waals surface area contributed by atoms with E-state index in [0.717, 1.165) is 5.56 Å². The second kappa shape index (κ2) is 16.8. The minimum atomic E-state index is -3.84. The van der Waals surface area contributed by atoms with Gasteiger partial charge in [-0.2, -0.15) is 0 Å². The molecular formula is C37H39N5O7S. The SMILES string of the molecule is COc1cccc(CCNC(=O)[C@]2(CCS(=O)(=O)c3ccccc3)N=C(c3ccc(OCCCO)cc3)O[C@@H]2c2ccccc2CN=[N+]=[N-])c1. The number of ether oxygens (including phenoxy) is 3. The minimum absolute atomic E-state index is 0.00888. The van der Waals surface area contributed by atoms with E-state index in [1.54, 1.807) is 73.8 Å². The summed E-state index contributed by atoms with van der Waals surface area (Å²) in [5.41, 5.74) is 10.0. The molecule has 50 heavy (non-hydrogen) atoms. The molecule has 0 radical (unpaired) electrons. The Bertz CT molecular complexity index is 1950. The Morgan fingerprint density at radius 1 is 1.02 bits per heavy atom. The van der Waals surface area contributed by atoms with Crippen molar-refractivity contribution in [2.45, 2.75) is 42.3 Å². The normalized spacial score (nSPS) is 16.8. The third kappa shape index (κ3) is 8.61. The second-order valence-electron chi connectivity index (χ2n) is 11.6. The van der Waals surface area contributed by atoms with Crippen LogP contribution in [0.5, 0.6) is 11.5 Å². The number of rotatable bonds is 17. The molecule has 2 atom stereocenters. The maximum Gasteiger partial charge on any atom is 0.252 e. The number of azide groups is 1. The van der Waals surface area contributed by atoms with Gasteiger partial charge in [-0.15, -0.1) is 0 Å². The molecule has 1 aliphatic rings. The lowest BCUT2D eigenvalue weighted by atomic mass is 9.83. The number of hydrogen-bond acceptors (Lipinski definition) is 9. The summed E-state index contributed by atoms with van der Waals surface area (Å²) in [7, 11) is -2.25. The lowest BCUT2D eigenvalue weighted by Gasteiger charge is -2.31. The average Bonchev–Trinajstić information content (AvgIpc) is 3.55. The van der Waals surface area contributed by atoms with Crippen LogP contribution >= 0.6 is 0 Å². The number of amides is 1. The zero-order valence-corrected chi connectivity index (χ0v) is 28.5. The maximum atomic E-state index is 14.6. The molecule has 0 aliphatic carbocycles. The predicted octanol–water partition coefficient (Wildman–Crippen LogP) is 5.75. The Labute approximate surface area is 291 Å². The van der Waals surface area contributed by atoms with Crippen LogP contribution < -0.4 is 14.8 Å². The summed E-state index contributed by atoms with van der Waals surface area (Å²) >= 11 is 0. The molecule has 0 unspecified atom stereocenters. The van der Waals surface area contributed by atoms with Gasteiger partial charge in [-0.3, -0.25) is 4.79 Å². The fourth-order valence-corrected chi connectivity index (χ4v) is 7.11. The third-order valence-electron chi connectivity index (χ3n) is 8.36. The topological polar surface area (TPSA) is 172 Å². The van der Waals surface area contributed by atoms with E-state index in [1.807, 2.05) is 24.3 Å². The van der Waals surface area contributed by atoms with Gasteiger partial charge in [-0.25, -0.2) is 13.4 Å². The van der Waals surface area contributed by atoms with Crippen molar-refractivity contribution in [3.05, 3.63) is 136 Å². The molecule has 1 amide bonds. The summed E-state index contributed by atoms with van der Waals surface area (Å²) < 4.78 is 44.9. The molecule has 2 N–H and O–H groups in total. The molecule has 0 aromatic heterocycles. The number of aliphatic hydroxyl groups is 1. The Balaban J connectivity index is 1.56. The fraction of sp³-hybridized carbons (Fsp3) is 0.297. The van der Waals surface area contributed by atoms with Gasteiger partial charge in [-0.1, -0.05) is 59.7 Å². The molecule has 1 heterocycles. The van der Waals surface area contributed by atoms with Crippen molar-refractivity contribution in [1.82, 2.24) is 5.32 Å². The molecule has 0 saturated heterocycles. The predicted molar refractivity (Wildman–Crippen MR) is 189 cm³/mol. The quantitative estimate of drug-likeness (QED) is 0.0612. The Morgan fingerprint density at radius 2 is 1.78 bits per heavy atom. The standard InChI is InChI=1S/C37H39N5O7S/c1-47-31-11-7-9-27(25-31)19-21-39-36(44)37(20-24-50(45,46)32-12-3-2-4-13-32)34(33-14-6-5-10-29(33)26-40-42-38)49-35(41-37)28-15-17-30(18-16-28)48-23-8-22-43/h2-7,9-18,25,34,43H,8,19-24,26H2,1H3,(H,39,44)/t34-,37-/m1/s1. The summed E-state index contributed by atoms with van der Waals surface area (Å²) in [5, 5.41) is 15.9. The van der Waals surface area contributed by atoms with Crippen molar-refractivity contribution >= 4 is 21.6 Å². The van der Waals surface area contributed by atoms with Gasteiger partial charge < -0.3 is 24.6 Å². The van der Waals surface area contributed by atoms with Gasteiger partial charge in [0.05, 0.1) is 30.9 Å². The van der Waals surface area contributed by atoms with Crippen LogP contribution in [0.15, 0.2) is 118 Å². The Morgan fingerprint density at radius 3 is 2.52 bits per heavy atom. The van der Waals surface area contributed by atoms with Crippen LogP contribution in [0.2, 0.25) is 0 Å². The number of aliphatic imine (C=N–C) groups is 1. The van der Waals surface area contributed by atoms with E-state index < -0.39 is 33.1 Å². The number of methoxy groups -OCH3 is 1. The van der Waals surface area contributed by atoms with Crippen LogP contribution in [0, 0.1) is 0 Å². The van der Waals surface area contributed by atoms with Crippen molar-refractivity contribution in [2.24, 2.45) is 10.1 Å². The first kappa shape index (κ1) is 35.9. The van der Waals surface area contributed by atoms with Crippen LogP contribution in [0.3, 0.4) is 0 Å². The number of sulfone groups is 1. The summed E-state index contributed by atoms with van der Waals surface area (Å²) in [5.74, 6) is 0.512. The molecule has 260 valence electrons. The van der Waals surface area contributed by atoms with E-state index in [2.05, 4.69) is 15.3 Å². The first-order valence-electron chi connectivity index (χ1n) is 16.2. The first-order valence-corrected chi connectivity index (χ1v) is 17.8. The highest BCUT2D eigenvalue weighted by Crippen LogP contribution is 2.44. The number of benzene rings is 4. The molecule has 0 spiro atoms. The van der Waals surface area contributed by atoms with E-state index in [-0.39, 0.29) is 36.9 Å². The van der Waals surface area contributed by atoms with Gasteiger partial charge >= 0.3 is 0 Å². The molecule has 4 aromatic carbocycles. The summed E-state index contributed by atoms with van der Waals surface area (Å²) in [6, 6.07) is 29.6. The third-order valence-corrected chi connectivity index (χ3v) is 10.1. The van der Waals surface area contributed by atoms with E-state index in [4.69, 9.17) is 29.8 Å². The highest BCUT2D eigenvalue weighted by atomic mass is 32.2. The van der Waals surface area contributed by atoms with Crippen molar-refractivity contribution in [3.8, 4) is 11.5 Å². The van der Waals surface area contributed by atoms with Gasteiger partial charge in [0.1, 0.15) is 11.5 Å². The highest BCUT2D eigenvalue weighted by Gasteiger charge is 2.54. The van der Waals surface area contributed by atoms with Gasteiger partial charge in [-0.05, 0) is 77.2 Å². The molecule has 5 rings (SSSR count). The zero-order valence-electron chi connectivity index (χ0n) is 27.6. The van der Waals surface area contributed by atoms with E-state index in [1.165, 1.54) is 12.1 Å². The molecule has 12 nitrogen and oxygen atoms in total. The van der Waals surface area contributed by atoms with E-state index >= 15 is 0 Å². The van der Waals surface area contributed by atoms with Crippen molar-refractivity contribution in [1.29, 1.82) is 0 Å². The van der Waals surface area contributed by atoms with Crippen molar-refractivity contribution < 1.29 is 32.5 Å². The molecule has 0 saturated carbocycles. The number of carbonyl (C=O) groups excluding carboxylic acids is 1. The number of nitrogens with zero attached hydrogens (tertiary/aromatic N) is 4. The summed E-state index contributed by atoms with van der Waals surface area (Å²) in [6.07, 6.45) is -0.308. The highest BCUT2D eigenvalue weighted by molar-refractivity contribution is 7.91. The lowest BCUT2D eigenvalue weighted by Crippen LogP contribution is -2.50. The second-order valence-corrected chi connectivity index (χ2v) is 13.7. The minimum Gasteiger partial charge on any atom is -0.497 e. The smallest absolute Gasteiger partial charge is 0.252 e. The van der Waals surface area contributed by atoms with E-state index in [0.29, 0.717) is 47.6 Å². The van der Waals surface area contributed by atoms with Gasteiger partial charge in [0.2, 0.25) is 5.90 Å². The number of carbonyl (C=O) groups is 1. The number of hydrogen-bond donors (Lipinski definition) is 2. The van der Waals surface area contributed by atoms with Crippen LogP contribution in [0.25, 0.3) is 10.4 Å². The lowest BCUT2D eigenvalue weighted by molar-refractivity contribution is -0.129. The van der Waals surface area contributed by atoms with Crippen molar-refractivity contribution in [3.63, 3.8) is 0 Å². The molecule has 13 heteroatoms. The molecule has 4 aromatic rings. The summed E-state index contributed by atoms with van der Waals surface area (Å²) in [4.78, 5) is 22.6. The van der Waals surface area contributed by atoms with Crippen molar-refractivity contribution in [2.75, 3.05) is 32.6 Å². The van der Waals surface area contributed by atoms with Gasteiger partial charge in [0.15, 0.2) is 21.5 Å². The number of aliphatic hydroxyl groups excluding tert-OH is 1. The van der Waals surface area contributed by atoms with E-state index in [9.17, 15) is 13.2 Å². The monoisotopic (exact) mass is 697 g/mol.